The van der Waals surface area contributed by atoms with E-state index in [4.69, 9.17) is 4.74 Å². The lowest BCUT2D eigenvalue weighted by atomic mass is 10.1. The van der Waals surface area contributed by atoms with Crippen LogP contribution in [0, 0.1) is 0 Å². The Balaban J connectivity index is 0.00000210. The fourth-order valence-electron chi connectivity index (χ4n) is 3.77. The molecular formula is C20H27ClN4O2. The Kier molecular flexibility index (Phi) is 6.88. The van der Waals surface area contributed by atoms with Gasteiger partial charge in [0, 0.05) is 50.5 Å². The molecule has 2 aromatic rings. The number of ether oxygens (including phenoxy) is 1. The molecule has 1 atom stereocenters. The molecule has 27 heavy (non-hydrogen) atoms. The monoisotopic (exact) mass is 390 g/mol. The Hall–Kier alpha value is -1.89. The minimum Gasteiger partial charge on any atom is -0.376 e. The van der Waals surface area contributed by atoms with Gasteiger partial charge < -0.3 is 15.0 Å². The highest BCUT2D eigenvalue weighted by Gasteiger charge is 2.31. The molecule has 0 aliphatic carbocycles. The summed E-state index contributed by atoms with van der Waals surface area (Å²) in [5, 5.41) is 10.6. The lowest BCUT2D eigenvalue weighted by Gasteiger charge is -2.18. The fraction of sp³-hybridized carbons (Fsp3) is 0.500. The largest absolute Gasteiger partial charge is 0.376 e. The number of amides is 1. The van der Waals surface area contributed by atoms with Crippen molar-refractivity contribution in [2.24, 2.45) is 0 Å². The Labute approximate surface area is 166 Å². The number of nitrogens with zero attached hydrogens (tertiary/aromatic N) is 2. The molecule has 1 aromatic carbocycles. The second-order valence-electron chi connectivity index (χ2n) is 7.08. The molecule has 1 saturated heterocycles. The topological polar surface area (TPSA) is 70.2 Å². The molecule has 4 rings (SSSR count). The average molecular weight is 391 g/mol. The Morgan fingerprint density at radius 3 is 3.00 bits per heavy atom. The van der Waals surface area contributed by atoms with Gasteiger partial charge in [0.2, 0.25) is 0 Å². The number of aromatic amines is 1. The number of hydrogen-bond acceptors (Lipinski definition) is 4. The highest BCUT2D eigenvalue weighted by Crippen LogP contribution is 2.20. The zero-order valence-electron chi connectivity index (χ0n) is 15.4. The van der Waals surface area contributed by atoms with Gasteiger partial charge in [-0.25, -0.2) is 0 Å². The van der Waals surface area contributed by atoms with Gasteiger partial charge in [-0.2, -0.15) is 5.10 Å². The highest BCUT2D eigenvalue weighted by molar-refractivity contribution is 5.94. The van der Waals surface area contributed by atoms with Crippen molar-refractivity contribution in [3.8, 4) is 0 Å². The van der Waals surface area contributed by atoms with Crippen LogP contribution in [0.15, 0.2) is 30.3 Å². The maximum Gasteiger partial charge on any atom is 0.274 e. The number of rotatable bonds is 6. The van der Waals surface area contributed by atoms with Crippen molar-refractivity contribution in [1.82, 2.24) is 20.4 Å². The van der Waals surface area contributed by atoms with Crippen LogP contribution in [0.2, 0.25) is 0 Å². The molecule has 0 radical (unpaired) electrons. The van der Waals surface area contributed by atoms with Gasteiger partial charge in [0.25, 0.3) is 5.91 Å². The van der Waals surface area contributed by atoms with Crippen LogP contribution in [0.3, 0.4) is 0 Å². The summed E-state index contributed by atoms with van der Waals surface area (Å²) in [5.41, 5.74) is 4.06. The molecule has 2 aliphatic heterocycles. The first-order valence-corrected chi connectivity index (χ1v) is 9.53. The lowest BCUT2D eigenvalue weighted by molar-refractivity contribution is 0.0522. The van der Waals surface area contributed by atoms with E-state index in [0.29, 0.717) is 12.2 Å². The number of fused-ring (bicyclic) bond motifs is 1. The summed E-state index contributed by atoms with van der Waals surface area (Å²) in [6, 6.07) is 10.5. The van der Waals surface area contributed by atoms with E-state index in [9.17, 15) is 4.79 Å². The fourth-order valence-corrected chi connectivity index (χ4v) is 3.77. The predicted molar refractivity (Wildman–Crippen MR) is 106 cm³/mol. The molecule has 7 heteroatoms. The van der Waals surface area contributed by atoms with Crippen LogP contribution in [-0.2, 0) is 24.1 Å². The minimum absolute atomic E-state index is 0. The zero-order valence-corrected chi connectivity index (χ0v) is 16.3. The van der Waals surface area contributed by atoms with Crippen molar-refractivity contribution in [1.29, 1.82) is 0 Å². The number of hydrogen-bond donors (Lipinski definition) is 2. The first kappa shape index (κ1) is 19.9. The van der Waals surface area contributed by atoms with Crippen molar-refractivity contribution in [3.63, 3.8) is 0 Å². The molecule has 3 heterocycles. The summed E-state index contributed by atoms with van der Waals surface area (Å²) in [6.07, 6.45) is 3.99. The average Bonchev–Trinajstić information content (AvgIpc) is 3.33. The Morgan fingerprint density at radius 1 is 1.30 bits per heavy atom. The second-order valence-corrected chi connectivity index (χ2v) is 7.08. The third-order valence-electron chi connectivity index (χ3n) is 5.25. The lowest BCUT2D eigenvalue weighted by Crippen LogP contribution is -2.32. The van der Waals surface area contributed by atoms with Crippen LogP contribution in [0.5, 0.6) is 0 Å². The third kappa shape index (κ3) is 4.69. The maximum absolute atomic E-state index is 12.8. The number of halogens is 1. The number of nitrogens with one attached hydrogen (secondary N) is 2. The van der Waals surface area contributed by atoms with Gasteiger partial charge in [-0.15, -0.1) is 12.4 Å². The number of aryl methyl sites for hydroxylation is 1. The second kappa shape index (κ2) is 9.35. The van der Waals surface area contributed by atoms with Gasteiger partial charge in [-0.1, -0.05) is 30.3 Å². The van der Waals surface area contributed by atoms with E-state index in [1.165, 1.54) is 5.56 Å². The summed E-state index contributed by atoms with van der Waals surface area (Å²) in [5.74, 6) is 0.0292. The van der Waals surface area contributed by atoms with Gasteiger partial charge in [0.05, 0.1) is 6.10 Å². The molecular weight excluding hydrogens is 364 g/mol. The van der Waals surface area contributed by atoms with Crippen molar-refractivity contribution in [3.05, 3.63) is 52.8 Å². The van der Waals surface area contributed by atoms with E-state index in [0.717, 1.165) is 63.2 Å². The van der Waals surface area contributed by atoms with Gasteiger partial charge in [-0.05, 0) is 24.8 Å². The first-order chi connectivity index (χ1) is 12.8. The van der Waals surface area contributed by atoms with Crippen molar-refractivity contribution >= 4 is 18.3 Å². The van der Waals surface area contributed by atoms with E-state index < -0.39 is 0 Å². The molecule has 1 aromatic heterocycles. The smallest absolute Gasteiger partial charge is 0.274 e. The summed E-state index contributed by atoms with van der Waals surface area (Å²) < 4.78 is 6.00. The van der Waals surface area contributed by atoms with E-state index >= 15 is 0 Å². The van der Waals surface area contributed by atoms with Crippen molar-refractivity contribution in [2.45, 2.75) is 38.3 Å². The normalized spacial score (nSPS) is 18.8. The van der Waals surface area contributed by atoms with Crippen LogP contribution in [0.1, 0.15) is 40.2 Å². The predicted octanol–water partition coefficient (Wildman–Crippen LogP) is 2.34. The number of aromatic nitrogens is 2. The minimum atomic E-state index is 0. The van der Waals surface area contributed by atoms with Crippen LogP contribution in [-0.4, -0.2) is 53.3 Å². The van der Waals surface area contributed by atoms with Crippen LogP contribution >= 0.6 is 12.4 Å². The summed E-state index contributed by atoms with van der Waals surface area (Å²) in [7, 11) is 0. The molecule has 0 spiro atoms. The van der Waals surface area contributed by atoms with Crippen molar-refractivity contribution < 1.29 is 9.53 Å². The van der Waals surface area contributed by atoms with E-state index in [2.05, 4.69) is 39.8 Å². The number of carbonyl (C=O) groups is 1. The number of likely N-dealkylation sites (tertiary alicyclic amines) is 1. The first-order valence-electron chi connectivity index (χ1n) is 9.53. The van der Waals surface area contributed by atoms with E-state index in [1.54, 1.807) is 0 Å². The third-order valence-corrected chi connectivity index (χ3v) is 5.25. The molecule has 2 aliphatic rings. The Bertz CT molecular complexity index is 750. The summed E-state index contributed by atoms with van der Waals surface area (Å²) in [6.45, 7) is 3.81. The molecule has 6 nitrogen and oxygen atoms in total. The summed E-state index contributed by atoms with van der Waals surface area (Å²) >= 11 is 0. The van der Waals surface area contributed by atoms with Gasteiger partial charge >= 0.3 is 0 Å². The molecule has 1 fully saturated rings. The molecule has 0 saturated carbocycles. The van der Waals surface area contributed by atoms with Crippen molar-refractivity contribution in [2.75, 3.05) is 26.2 Å². The van der Waals surface area contributed by atoms with E-state index in [-0.39, 0.29) is 24.4 Å². The zero-order chi connectivity index (χ0) is 17.8. The van der Waals surface area contributed by atoms with Gasteiger partial charge in [0.1, 0.15) is 0 Å². The highest BCUT2D eigenvalue weighted by atomic mass is 35.5. The van der Waals surface area contributed by atoms with Gasteiger partial charge in [0.15, 0.2) is 5.69 Å². The maximum atomic E-state index is 12.8. The number of carbonyl (C=O) groups excluding carboxylic acids is 1. The standard InChI is InChI=1S/C20H26N4O2.ClH/c25-20(19-17-13-21-10-8-18(17)22-23-19)24-11-9-16(14-24)26-12-4-7-15-5-2-1-3-6-15;/h1-3,5-6,16,21H,4,7-14H2,(H,22,23);1H. The Morgan fingerprint density at radius 2 is 2.15 bits per heavy atom. The molecule has 2 N–H and O–H groups in total. The van der Waals surface area contributed by atoms with E-state index in [1.807, 2.05) is 11.0 Å². The quantitative estimate of drug-likeness (QED) is 0.743. The van der Waals surface area contributed by atoms with Crippen LogP contribution < -0.4 is 5.32 Å². The van der Waals surface area contributed by atoms with Crippen LogP contribution in [0.4, 0.5) is 0 Å². The SMILES string of the molecule is Cl.O=C(c1n[nH]c2c1CNCC2)N1CCC(OCCCc2ccccc2)C1. The van der Waals surface area contributed by atoms with Gasteiger partial charge in [-0.3, -0.25) is 9.89 Å². The summed E-state index contributed by atoms with van der Waals surface area (Å²) in [4.78, 5) is 14.7. The molecule has 1 unspecified atom stereocenters. The molecule has 1 amide bonds. The molecule has 146 valence electrons. The molecule has 0 bridgehead atoms. The number of H-pyrrole nitrogens is 1. The number of benzene rings is 1. The van der Waals surface area contributed by atoms with Crippen LogP contribution in [0.25, 0.3) is 0 Å².